The van der Waals surface area contributed by atoms with Crippen LogP contribution in [0.2, 0.25) is 0 Å². The van der Waals surface area contributed by atoms with Gasteiger partial charge in [0, 0.05) is 29.4 Å². The standard InChI is InChI=1S/C29H28N6O2S2/c1-20(12-13-21-8-4-3-5-9-21)31-28(36)23-18-38-26(32-23)19-39-29-34-33-27(22-14-16-30-17-15-22)35(29)24-10-6-7-11-25(24)37-2/h3-11,14-18,20H,12-13,19H2,1-2H3,(H,31,36). The van der Waals surface area contributed by atoms with E-state index in [1.165, 1.54) is 28.7 Å². The Hall–Kier alpha value is -4.02. The molecule has 0 fully saturated rings. The first-order valence-corrected chi connectivity index (χ1v) is 14.4. The number of amides is 1. The Morgan fingerprint density at radius 3 is 2.62 bits per heavy atom. The third-order valence-corrected chi connectivity index (χ3v) is 8.07. The number of ether oxygens (including phenoxy) is 1. The van der Waals surface area contributed by atoms with Gasteiger partial charge < -0.3 is 10.1 Å². The molecule has 1 unspecified atom stereocenters. The summed E-state index contributed by atoms with van der Waals surface area (Å²) in [6.45, 7) is 2.02. The maximum atomic E-state index is 12.8. The molecule has 3 heterocycles. The molecule has 1 amide bonds. The molecule has 0 aliphatic rings. The monoisotopic (exact) mass is 556 g/mol. The quantitative estimate of drug-likeness (QED) is 0.204. The summed E-state index contributed by atoms with van der Waals surface area (Å²) in [4.78, 5) is 21.5. The summed E-state index contributed by atoms with van der Waals surface area (Å²) in [5, 5.41) is 15.4. The number of rotatable bonds is 11. The summed E-state index contributed by atoms with van der Waals surface area (Å²) >= 11 is 2.97. The maximum Gasteiger partial charge on any atom is 0.270 e. The normalized spacial score (nSPS) is 11.7. The molecule has 0 aliphatic carbocycles. The van der Waals surface area contributed by atoms with E-state index in [1.54, 1.807) is 19.5 Å². The Bertz CT molecular complexity index is 1520. The van der Waals surface area contributed by atoms with Gasteiger partial charge in [-0.3, -0.25) is 14.3 Å². The van der Waals surface area contributed by atoms with E-state index < -0.39 is 0 Å². The Balaban J connectivity index is 1.28. The summed E-state index contributed by atoms with van der Waals surface area (Å²) < 4.78 is 7.61. The molecule has 0 saturated heterocycles. The number of thiazole rings is 1. The van der Waals surface area contributed by atoms with Crippen molar-refractivity contribution in [2.75, 3.05) is 7.11 Å². The minimum absolute atomic E-state index is 0.0447. The number of pyridine rings is 1. The number of benzene rings is 2. The van der Waals surface area contributed by atoms with E-state index in [4.69, 9.17) is 4.74 Å². The van der Waals surface area contributed by atoms with Gasteiger partial charge in [0.25, 0.3) is 5.91 Å². The van der Waals surface area contributed by atoms with Crippen LogP contribution in [0.3, 0.4) is 0 Å². The molecule has 39 heavy (non-hydrogen) atoms. The largest absolute Gasteiger partial charge is 0.495 e. The topological polar surface area (TPSA) is 94.8 Å². The van der Waals surface area contributed by atoms with Gasteiger partial charge in [-0.1, -0.05) is 54.2 Å². The fourth-order valence-electron chi connectivity index (χ4n) is 4.09. The van der Waals surface area contributed by atoms with Gasteiger partial charge in [0.2, 0.25) is 0 Å². The Morgan fingerprint density at radius 2 is 1.82 bits per heavy atom. The third-order valence-electron chi connectivity index (χ3n) is 6.09. The lowest BCUT2D eigenvalue weighted by Crippen LogP contribution is -2.33. The highest BCUT2D eigenvalue weighted by atomic mass is 32.2. The lowest BCUT2D eigenvalue weighted by molar-refractivity contribution is 0.0934. The lowest BCUT2D eigenvalue weighted by Gasteiger charge is -2.13. The molecule has 1 N–H and O–H groups in total. The van der Waals surface area contributed by atoms with Crippen LogP contribution in [0.5, 0.6) is 5.75 Å². The SMILES string of the molecule is COc1ccccc1-n1c(SCc2nc(C(=O)NC(C)CCc3ccccc3)cs2)nnc1-c1ccncc1. The number of carbonyl (C=O) groups is 1. The Kier molecular flexibility index (Phi) is 8.65. The second kappa shape index (κ2) is 12.7. The van der Waals surface area contributed by atoms with Crippen molar-refractivity contribution in [2.45, 2.75) is 36.7 Å². The molecular formula is C29H28N6O2S2. The number of aryl methyl sites for hydroxylation is 1. The maximum absolute atomic E-state index is 12.8. The second-order valence-corrected chi connectivity index (χ2v) is 10.7. The molecule has 5 rings (SSSR count). The van der Waals surface area contributed by atoms with Crippen molar-refractivity contribution < 1.29 is 9.53 Å². The molecule has 0 spiro atoms. The molecule has 0 saturated carbocycles. The summed E-state index contributed by atoms with van der Waals surface area (Å²) in [6, 6.07) is 21.9. The first-order chi connectivity index (χ1) is 19.1. The molecule has 8 nitrogen and oxygen atoms in total. The van der Waals surface area contributed by atoms with Crippen molar-refractivity contribution in [3.8, 4) is 22.8 Å². The lowest BCUT2D eigenvalue weighted by atomic mass is 10.1. The van der Waals surface area contributed by atoms with Gasteiger partial charge in [-0.2, -0.15) is 0 Å². The number of hydrogen-bond acceptors (Lipinski definition) is 8. The van der Waals surface area contributed by atoms with Crippen molar-refractivity contribution in [3.63, 3.8) is 0 Å². The number of aromatic nitrogens is 5. The number of methoxy groups -OCH3 is 1. The highest BCUT2D eigenvalue weighted by molar-refractivity contribution is 7.98. The van der Waals surface area contributed by atoms with Crippen molar-refractivity contribution in [2.24, 2.45) is 0 Å². The van der Waals surface area contributed by atoms with Crippen molar-refractivity contribution in [1.82, 2.24) is 30.0 Å². The zero-order valence-corrected chi connectivity index (χ0v) is 23.3. The summed E-state index contributed by atoms with van der Waals surface area (Å²) in [7, 11) is 1.65. The van der Waals surface area contributed by atoms with E-state index in [0.717, 1.165) is 29.1 Å². The fraction of sp³-hybridized carbons (Fsp3) is 0.207. The number of nitrogens with one attached hydrogen (secondary N) is 1. The molecule has 10 heteroatoms. The van der Waals surface area contributed by atoms with Gasteiger partial charge in [0.1, 0.15) is 16.5 Å². The number of para-hydroxylation sites is 2. The number of carbonyl (C=O) groups excluding carboxylic acids is 1. The molecule has 3 aromatic heterocycles. The Morgan fingerprint density at radius 1 is 1.05 bits per heavy atom. The smallest absolute Gasteiger partial charge is 0.270 e. The molecule has 2 aromatic carbocycles. The van der Waals surface area contributed by atoms with E-state index in [0.29, 0.717) is 28.2 Å². The van der Waals surface area contributed by atoms with Gasteiger partial charge >= 0.3 is 0 Å². The predicted octanol–water partition coefficient (Wildman–Crippen LogP) is 5.84. The number of thioether (sulfide) groups is 1. The molecule has 198 valence electrons. The van der Waals surface area contributed by atoms with Crippen LogP contribution < -0.4 is 10.1 Å². The molecular weight excluding hydrogens is 528 g/mol. The minimum Gasteiger partial charge on any atom is -0.495 e. The number of hydrogen-bond donors (Lipinski definition) is 1. The minimum atomic E-state index is -0.153. The van der Waals surface area contributed by atoms with Crippen LogP contribution in [-0.2, 0) is 12.2 Å². The summed E-state index contributed by atoms with van der Waals surface area (Å²) in [6.07, 6.45) is 5.23. The summed E-state index contributed by atoms with van der Waals surface area (Å²) in [5.41, 5.74) is 3.43. The first kappa shape index (κ1) is 26.6. The Labute approximate surface area is 235 Å². The summed E-state index contributed by atoms with van der Waals surface area (Å²) in [5.74, 6) is 1.79. The van der Waals surface area contributed by atoms with E-state index in [9.17, 15) is 4.79 Å². The van der Waals surface area contributed by atoms with Gasteiger partial charge in [-0.15, -0.1) is 21.5 Å². The van der Waals surface area contributed by atoms with Crippen molar-refractivity contribution >= 4 is 29.0 Å². The second-order valence-electron chi connectivity index (χ2n) is 8.86. The van der Waals surface area contributed by atoms with Crippen LogP contribution in [0.4, 0.5) is 0 Å². The molecule has 0 radical (unpaired) electrons. The molecule has 0 bridgehead atoms. The first-order valence-electron chi connectivity index (χ1n) is 12.5. The predicted molar refractivity (Wildman–Crippen MR) is 155 cm³/mol. The fourth-order valence-corrected chi connectivity index (χ4v) is 5.83. The van der Waals surface area contributed by atoms with E-state index in [-0.39, 0.29) is 11.9 Å². The number of nitrogens with zero attached hydrogens (tertiary/aromatic N) is 5. The zero-order chi connectivity index (χ0) is 27.0. The zero-order valence-electron chi connectivity index (χ0n) is 21.7. The average Bonchev–Trinajstić information content (AvgIpc) is 3.63. The van der Waals surface area contributed by atoms with Crippen LogP contribution >= 0.6 is 23.1 Å². The van der Waals surface area contributed by atoms with Gasteiger partial charge in [-0.25, -0.2) is 4.98 Å². The molecule has 1 atom stereocenters. The van der Waals surface area contributed by atoms with Crippen LogP contribution in [0.1, 0.15) is 34.4 Å². The van der Waals surface area contributed by atoms with Gasteiger partial charge in [0.15, 0.2) is 11.0 Å². The molecule has 5 aromatic rings. The van der Waals surface area contributed by atoms with E-state index in [2.05, 4.69) is 37.6 Å². The van der Waals surface area contributed by atoms with Crippen LogP contribution in [0, 0.1) is 0 Å². The highest BCUT2D eigenvalue weighted by Gasteiger charge is 2.20. The van der Waals surface area contributed by atoms with Gasteiger partial charge in [0.05, 0.1) is 18.6 Å². The molecule has 0 aliphatic heterocycles. The average molecular weight is 557 g/mol. The van der Waals surface area contributed by atoms with Crippen LogP contribution in [-0.4, -0.2) is 43.8 Å². The van der Waals surface area contributed by atoms with Crippen molar-refractivity contribution in [1.29, 1.82) is 0 Å². The third kappa shape index (κ3) is 6.52. The van der Waals surface area contributed by atoms with E-state index >= 15 is 0 Å². The van der Waals surface area contributed by atoms with E-state index in [1.807, 2.05) is 71.5 Å². The van der Waals surface area contributed by atoms with Crippen LogP contribution in [0.25, 0.3) is 17.1 Å². The highest BCUT2D eigenvalue weighted by Crippen LogP contribution is 2.33. The van der Waals surface area contributed by atoms with Gasteiger partial charge in [-0.05, 0) is 49.6 Å². The van der Waals surface area contributed by atoms with Crippen LogP contribution in [0.15, 0.2) is 89.7 Å². The van der Waals surface area contributed by atoms with Crippen molar-refractivity contribution in [3.05, 3.63) is 101 Å².